The predicted molar refractivity (Wildman–Crippen MR) is 83.7 cm³/mol. The summed E-state index contributed by atoms with van der Waals surface area (Å²) in [4.78, 5) is 27.7. The number of thiophene rings is 1. The first-order valence-corrected chi connectivity index (χ1v) is 8.20. The second-order valence-electron chi connectivity index (χ2n) is 6.22. The van der Waals surface area contributed by atoms with Crippen LogP contribution in [-0.2, 0) is 16.0 Å². The fraction of sp³-hybridized carbons (Fsp3) is 0.625. The SMILES string of the molecule is Cc1cc(CCCC(=O)N2CC[C@@](C)(C(=O)O)C2)c(C)s1. The number of likely N-dealkylation sites (tertiary alicyclic amines) is 1. The van der Waals surface area contributed by atoms with Crippen molar-refractivity contribution in [3.63, 3.8) is 0 Å². The lowest BCUT2D eigenvalue weighted by atomic mass is 9.90. The van der Waals surface area contributed by atoms with Gasteiger partial charge in [0.25, 0.3) is 0 Å². The molecule has 0 aliphatic carbocycles. The van der Waals surface area contributed by atoms with Crippen molar-refractivity contribution in [1.29, 1.82) is 0 Å². The van der Waals surface area contributed by atoms with Gasteiger partial charge < -0.3 is 10.0 Å². The molecule has 0 unspecified atom stereocenters. The van der Waals surface area contributed by atoms with Gasteiger partial charge in [-0.2, -0.15) is 0 Å². The number of aryl methyl sites for hydroxylation is 3. The maximum Gasteiger partial charge on any atom is 0.311 e. The minimum Gasteiger partial charge on any atom is -0.481 e. The summed E-state index contributed by atoms with van der Waals surface area (Å²) >= 11 is 1.80. The van der Waals surface area contributed by atoms with Crippen LogP contribution in [0.1, 0.15) is 41.5 Å². The smallest absolute Gasteiger partial charge is 0.311 e. The molecule has 1 fully saturated rings. The number of carboxylic acid groups (broad SMARTS) is 1. The molecule has 1 atom stereocenters. The van der Waals surface area contributed by atoms with Crippen LogP contribution < -0.4 is 0 Å². The first-order chi connectivity index (χ1) is 9.82. The lowest BCUT2D eigenvalue weighted by molar-refractivity contribution is -0.147. The summed E-state index contributed by atoms with van der Waals surface area (Å²) in [6, 6.07) is 2.20. The molecule has 116 valence electrons. The van der Waals surface area contributed by atoms with Crippen molar-refractivity contribution in [2.24, 2.45) is 5.41 Å². The molecule has 1 N–H and O–H groups in total. The van der Waals surface area contributed by atoms with E-state index < -0.39 is 11.4 Å². The molecule has 0 radical (unpaired) electrons. The zero-order chi connectivity index (χ0) is 15.6. The van der Waals surface area contributed by atoms with E-state index in [1.165, 1.54) is 15.3 Å². The van der Waals surface area contributed by atoms with Gasteiger partial charge in [-0.1, -0.05) is 0 Å². The number of hydrogen-bond donors (Lipinski definition) is 1. The molecule has 1 amide bonds. The molecule has 2 heterocycles. The number of rotatable bonds is 5. The van der Waals surface area contributed by atoms with Crippen molar-refractivity contribution in [2.45, 2.75) is 46.5 Å². The molecule has 4 nitrogen and oxygen atoms in total. The summed E-state index contributed by atoms with van der Waals surface area (Å²) in [6.07, 6.45) is 2.81. The third-order valence-corrected chi connectivity index (χ3v) is 5.33. The van der Waals surface area contributed by atoms with Crippen LogP contribution in [0.15, 0.2) is 6.07 Å². The van der Waals surface area contributed by atoms with Crippen molar-refractivity contribution in [1.82, 2.24) is 4.90 Å². The minimum atomic E-state index is -0.804. The van der Waals surface area contributed by atoms with Crippen LogP contribution in [0.4, 0.5) is 0 Å². The molecule has 2 rings (SSSR count). The molecule has 1 aromatic heterocycles. The van der Waals surface area contributed by atoms with Crippen LogP contribution in [0.25, 0.3) is 0 Å². The summed E-state index contributed by atoms with van der Waals surface area (Å²) in [7, 11) is 0. The number of amides is 1. The van der Waals surface area contributed by atoms with Crippen molar-refractivity contribution in [2.75, 3.05) is 13.1 Å². The van der Waals surface area contributed by atoms with E-state index in [1.807, 2.05) is 0 Å². The van der Waals surface area contributed by atoms with Gasteiger partial charge >= 0.3 is 5.97 Å². The molecule has 1 aliphatic rings. The molecule has 1 aromatic rings. The Morgan fingerprint density at radius 1 is 1.43 bits per heavy atom. The quantitative estimate of drug-likeness (QED) is 0.909. The highest BCUT2D eigenvalue weighted by atomic mass is 32.1. The fourth-order valence-corrected chi connectivity index (χ4v) is 3.84. The summed E-state index contributed by atoms with van der Waals surface area (Å²) < 4.78 is 0. The third kappa shape index (κ3) is 3.64. The van der Waals surface area contributed by atoms with Gasteiger partial charge in [0, 0.05) is 29.3 Å². The highest BCUT2D eigenvalue weighted by Crippen LogP contribution is 2.30. The topological polar surface area (TPSA) is 57.6 Å². The maximum absolute atomic E-state index is 12.2. The van der Waals surface area contributed by atoms with E-state index in [1.54, 1.807) is 23.2 Å². The average molecular weight is 309 g/mol. The number of hydrogen-bond acceptors (Lipinski definition) is 3. The van der Waals surface area contributed by atoms with Crippen LogP contribution in [-0.4, -0.2) is 35.0 Å². The fourth-order valence-electron chi connectivity index (χ4n) is 2.87. The first kappa shape index (κ1) is 16.0. The Morgan fingerprint density at radius 2 is 2.14 bits per heavy atom. The summed E-state index contributed by atoms with van der Waals surface area (Å²) in [5.74, 6) is -0.716. The van der Waals surface area contributed by atoms with E-state index in [9.17, 15) is 14.7 Å². The molecule has 1 saturated heterocycles. The maximum atomic E-state index is 12.2. The zero-order valence-electron chi connectivity index (χ0n) is 12.9. The van der Waals surface area contributed by atoms with E-state index in [2.05, 4.69) is 19.9 Å². The van der Waals surface area contributed by atoms with Crippen molar-refractivity contribution in [3.05, 3.63) is 21.4 Å². The molecule has 1 aliphatic heterocycles. The molecule has 0 spiro atoms. The largest absolute Gasteiger partial charge is 0.481 e. The average Bonchev–Trinajstić information content (AvgIpc) is 2.94. The van der Waals surface area contributed by atoms with E-state index in [0.717, 1.165) is 12.8 Å². The monoisotopic (exact) mass is 309 g/mol. The molecule has 0 saturated carbocycles. The Kier molecular flexibility index (Phi) is 4.71. The predicted octanol–water partition coefficient (Wildman–Crippen LogP) is 3.01. The summed E-state index contributed by atoms with van der Waals surface area (Å²) in [5.41, 5.74) is 0.568. The van der Waals surface area contributed by atoms with Crippen molar-refractivity contribution in [3.8, 4) is 0 Å². The lowest BCUT2D eigenvalue weighted by Crippen LogP contribution is -2.34. The Hall–Kier alpha value is -1.36. The lowest BCUT2D eigenvalue weighted by Gasteiger charge is -2.20. The molecular formula is C16H23NO3S. The number of carboxylic acids is 1. The molecule has 0 bridgehead atoms. The third-order valence-electron chi connectivity index (χ3n) is 4.32. The Bertz CT molecular complexity index is 552. The van der Waals surface area contributed by atoms with E-state index in [4.69, 9.17) is 0 Å². The van der Waals surface area contributed by atoms with E-state index in [0.29, 0.717) is 25.9 Å². The van der Waals surface area contributed by atoms with Gasteiger partial charge in [0.15, 0.2) is 0 Å². The zero-order valence-corrected chi connectivity index (χ0v) is 13.8. The van der Waals surface area contributed by atoms with Gasteiger partial charge in [0.2, 0.25) is 5.91 Å². The summed E-state index contributed by atoms with van der Waals surface area (Å²) in [5, 5.41) is 9.19. The van der Waals surface area contributed by atoms with Crippen molar-refractivity contribution >= 4 is 23.2 Å². The molecule has 5 heteroatoms. The van der Waals surface area contributed by atoms with Gasteiger partial charge in [-0.3, -0.25) is 9.59 Å². The van der Waals surface area contributed by atoms with Gasteiger partial charge in [0.1, 0.15) is 0 Å². The van der Waals surface area contributed by atoms with Crippen LogP contribution >= 0.6 is 11.3 Å². The van der Waals surface area contributed by atoms with Gasteiger partial charge in [-0.25, -0.2) is 0 Å². The normalized spacial score (nSPS) is 21.8. The van der Waals surface area contributed by atoms with Gasteiger partial charge in [-0.15, -0.1) is 11.3 Å². The van der Waals surface area contributed by atoms with E-state index in [-0.39, 0.29) is 5.91 Å². The molecule has 0 aromatic carbocycles. The standard InChI is InChI=1S/C16H23NO3S/c1-11-9-13(12(2)21-11)5-4-6-14(18)17-8-7-16(3,10-17)15(19)20/h9H,4-8,10H2,1-3H3,(H,19,20)/t16-/m1/s1. The van der Waals surface area contributed by atoms with Crippen LogP contribution in [0, 0.1) is 19.3 Å². The second-order valence-corrected chi connectivity index (χ2v) is 7.68. The number of aliphatic carboxylic acids is 1. The minimum absolute atomic E-state index is 0.0876. The van der Waals surface area contributed by atoms with Gasteiger partial charge in [-0.05, 0) is 51.7 Å². The highest BCUT2D eigenvalue weighted by Gasteiger charge is 2.41. The Labute approximate surface area is 129 Å². The van der Waals surface area contributed by atoms with Crippen LogP contribution in [0.5, 0.6) is 0 Å². The van der Waals surface area contributed by atoms with E-state index >= 15 is 0 Å². The first-order valence-electron chi connectivity index (χ1n) is 7.39. The molecular weight excluding hydrogens is 286 g/mol. The van der Waals surface area contributed by atoms with Crippen LogP contribution in [0.3, 0.4) is 0 Å². The second kappa shape index (κ2) is 6.18. The van der Waals surface area contributed by atoms with Gasteiger partial charge in [0.05, 0.1) is 5.41 Å². The molecule has 21 heavy (non-hydrogen) atoms. The number of carbonyl (C=O) groups is 2. The number of nitrogens with zero attached hydrogens (tertiary/aromatic N) is 1. The van der Waals surface area contributed by atoms with Crippen molar-refractivity contribution < 1.29 is 14.7 Å². The van der Waals surface area contributed by atoms with Crippen LogP contribution in [0.2, 0.25) is 0 Å². The number of carbonyl (C=O) groups excluding carboxylic acids is 1. The summed E-state index contributed by atoms with van der Waals surface area (Å²) in [6.45, 7) is 6.85. The Morgan fingerprint density at radius 3 is 2.67 bits per heavy atom. The highest BCUT2D eigenvalue weighted by molar-refractivity contribution is 7.12. The Balaban J connectivity index is 1.81.